The van der Waals surface area contributed by atoms with E-state index in [4.69, 9.17) is 0 Å². The first-order valence-corrected chi connectivity index (χ1v) is 7.47. The van der Waals surface area contributed by atoms with Crippen molar-refractivity contribution in [1.82, 2.24) is 10.3 Å². The summed E-state index contributed by atoms with van der Waals surface area (Å²) in [4.78, 5) is 6.45. The van der Waals surface area contributed by atoms with E-state index in [1.165, 1.54) is 15.4 Å². The predicted molar refractivity (Wildman–Crippen MR) is 79.9 cm³/mol. The lowest BCUT2D eigenvalue weighted by Gasteiger charge is -2.07. The van der Waals surface area contributed by atoms with Crippen molar-refractivity contribution in [3.05, 3.63) is 52.8 Å². The second-order valence-electron chi connectivity index (χ2n) is 3.83. The van der Waals surface area contributed by atoms with Crippen molar-refractivity contribution >= 4 is 27.7 Å². The molecule has 94 valence electrons. The van der Waals surface area contributed by atoms with Gasteiger partial charge < -0.3 is 5.32 Å². The minimum absolute atomic E-state index is 0.912. The van der Waals surface area contributed by atoms with E-state index in [0.717, 1.165) is 17.6 Å². The Kier molecular flexibility index (Phi) is 5.23. The molecule has 1 N–H and O–H groups in total. The highest BCUT2D eigenvalue weighted by Gasteiger charge is 2.03. The van der Waals surface area contributed by atoms with Crippen molar-refractivity contribution < 1.29 is 0 Å². The Hall–Kier alpha value is -0.840. The highest BCUT2D eigenvalue weighted by atomic mass is 79.9. The first kappa shape index (κ1) is 13.6. The van der Waals surface area contributed by atoms with Crippen LogP contribution in [0.1, 0.15) is 12.5 Å². The Morgan fingerprint density at radius 2 is 2.00 bits per heavy atom. The molecule has 0 aliphatic heterocycles. The van der Waals surface area contributed by atoms with Gasteiger partial charge in [-0.25, -0.2) is 0 Å². The summed E-state index contributed by atoms with van der Waals surface area (Å²) in [6, 6.07) is 10.5. The summed E-state index contributed by atoms with van der Waals surface area (Å²) < 4.78 is 1.14. The highest BCUT2D eigenvalue weighted by molar-refractivity contribution is 9.10. The second-order valence-corrected chi connectivity index (χ2v) is 5.80. The number of hydrogen-bond acceptors (Lipinski definition) is 3. The summed E-state index contributed by atoms with van der Waals surface area (Å²) in [6.07, 6.45) is 3.63. The van der Waals surface area contributed by atoms with Gasteiger partial charge in [-0.2, -0.15) is 0 Å². The highest BCUT2D eigenvalue weighted by Crippen LogP contribution is 2.33. The van der Waals surface area contributed by atoms with Crippen molar-refractivity contribution in [2.45, 2.75) is 23.3 Å². The molecule has 1 aromatic carbocycles. The molecule has 4 heteroatoms. The van der Waals surface area contributed by atoms with Crippen LogP contribution in [0.2, 0.25) is 0 Å². The zero-order chi connectivity index (χ0) is 12.8. The van der Waals surface area contributed by atoms with Gasteiger partial charge in [0.25, 0.3) is 0 Å². The van der Waals surface area contributed by atoms with E-state index in [9.17, 15) is 0 Å². The molecule has 0 aliphatic rings. The molecular weight excluding hydrogens is 308 g/mol. The molecule has 2 nitrogen and oxygen atoms in total. The Labute approximate surface area is 120 Å². The third-order valence-corrected chi connectivity index (χ3v) is 4.46. The molecule has 0 saturated carbocycles. The van der Waals surface area contributed by atoms with Crippen molar-refractivity contribution in [2.24, 2.45) is 0 Å². The number of hydrogen-bond donors (Lipinski definition) is 1. The molecule has 0 atom stereocenters. The third kappa shape index (κ3) is 3.83. The molecule has 0 aliphatic carbocycles. The van der Waals surface area contributed by atoms with E-state index in [1.54, 1.807) is 11.8 Å². The van der Waals surface area contributed by atoms with E-state index in [2.05, 4.69) is 51.4 Å². The van der Waals surface area contributed by atoms with Gasteiger partial charge in [0.05, 0.1) is 0 Å². The van der Waals surface area contributed by atoms with Gasteiger partial charge in [0.2, 0.25) is 0 Å². The maximum Gasteiger partial charge on any atom is 0.0318 e. The van der Waals surface area contributed by atoms with Gasteiger partial charge in [-0.05, 0) is 52.3 Å². The van der Waals surface area contributed by atoms with Crippen LogP contribution < -0.4 is 5.32 Å². The molecule has 2 aromatic rings. The number of aromatic nitrogens is 1. The molecule has 2 rings (SSSR count). The van der Waals surface area contributed by atoms with E-state index in [1.807, 2.05) is 24.5 Å². The van der Waals surface area contributed by atoms with E-state index >= 15 is 0 Å². The maximum absolute atomic E-state index is 4.02. The van der Waals surface area contributed by atoms with Gasteiger partial charge in [0.1, 0.15) is 0 Å². The third-order valence-electron chi connectivity index (χ3n) is 2.45. The van der Waals surface area contributed by atoms with Crippen molar-refractivity contribution in [1.29, 1.82) is 0 Å². The summed E-state index contributed by atoms with van der Waals surface area (Å²) in [5, 5.41) is 3.33. The molecule has 0 amide bonds. The minimum Gasteiger partial charge on any atom is -0.313 e. The number of nitrogens with one attached hydrogen (secondary N) is 1. The summed E-state index contributed by atoms with van der Waals surface area (Å²) in [6.45, 7) is 4.02. The van der Waals surface area contributed by atoms with Crippen LogP contribution in [0.3, 0.4) is 0 Å². The zero-order valence-corrected chi connectivity index (χ0v) is 12.6. The van der Waals surface area contributed by atoms with Crippen LogP contribution in [0, 0.1) is 0 Å². The standard InChI is InChI=1S/C14H15BrN2S/c1-2-16-10-11-3-4-14(13(15)9-11)18-12-5-7-17-8-6-12/h3-9,16H,2,10H2,1H3. The normalized spacial score (nSPS) is 10.6. The van der Waals surface area contributed by atoms with Gasteiger partial charge in [-0.1, -0.05) is 24.8 Å². The molecular formula is C14H15BrN2S. The number of halogens is 1. The van der Waals surface area contributed by atoms with Crippen LogP contribution in [0.15, 0.2) is 57.0 Å². The largest absolute Gasteiger partial charge is 0.313 e. The Morgan fingerprint density at radius 3 is 2.67 bits per heavy atom. The lowest BCUT2D eigenvalue weighted by molar-refractivity contribution is 0.726. The Bertz CT molecular complexity index is 502. The number of benzene rings is 1. The number of nitrogens with zero attached hydrogens (tertiary/aromatic N) is 1. The van der Waals surface area contributed by atoms with Crippen LogP contribution in [0.4, 0.5) is 0 Å². The van der Waals surface area contributed by atoms with Crippen LogP contribution in [-0.2, 0) is 6.54 Å². The van der Waals surface area contributed by atoms with E-state index < -0.39 is 0 Å². The molecule has 0 radical (unpaired) electrons. The van der Waals surface area contributed by atoms with Crippen molar-refractivity contribution in [3.8, 4) is 0 Å². The topological polar surface area (TPSA) is 24.9 Å². The van der Waals surface area contributed by atoms with Crippen LogP contribution >= 0.6 is 27.7 Å². The average Bonchev–Trinajstić information content (AvgIpc) is 2.40. The smallest absolute Gasteiger partial charge is 0.0318 e. The Balaban J connectivity index is 2.10. The van der Waals surface area contributed by atoms with Crippen LogP contribution in [-0.4, -0.2) is 11.5 Å². The molecule has 0 spiro atoms. The Morgan fingerprint density at radius 1 is 1.22 bits per heavy atom. The molecule has 0 bridgehead atoms. The fourth-order valence-electron chi connectivity index (χ4n) is 1.54. The number of pyridine rings is 1. The van der Waals surface area contributed by atoms with Gasteiger partial charge in [0.15, 0.2) is 0 Å². The monoisotopic (exact) mass is 322 g/mol. The first-order valence-electron chi connectivity index (χ1n) is 5.86. The molecule has 18 heavy (non-hydrogen) atoms. The summed E-state index contributed by atoms with van der Waals surface area (Å²) in [7, 11) is 0. The lowest BCUT2D eigenvalue weighted by Crippen LogP contribution is -2.11. The van der Waals surface area contributed by atoms with Crippen LogP contribution in [0.5, 0.6) is 0 Å². The zero-order valence-electron chi connectivity index (χ0n) is 10.2. The first-order chi connectivity index (χ1) is 8.79. The van der Waals surface area contributed by atoms with Gasteiger partial charge in [0, 0.05) is 33.2 Å². The van der Waals surface area contributed by atoms with Gasteiger partial charge in [-0.15, -0.1) is 0 Å². The molecule has 0 saturated heterocycles. The van der Waals surface area contributed by atoms with Crippen molar-refractivity contribution in [2.75, 3.05) is 6.54 Å². The van der Waals surface area contributed by atoms with Crippen LogP contribution in [0.25, 0.3) is 0 Å². The van der Waals surface area contributed by atoms with E-state index in [-0.39, 0.29) is 0 Å². The number of rotatable bonds is 5. The van der Waals surface area contributed by atoms with Gasteiger partial charge >= 0.3 is 0 Å². The molecule has 0 fully saturated rings. The summed E-state index contributed by atoms with van der Waals surface area (Å²) >= 11 is 5.37. The average molecular weight is 323 g/mol. The van der Waals surface area contributed by atoms with Gasteiger partial charge in [-0.3, -0.25) is 4.98 Å². The SMILES string of the molecule is CCNCc1ccc(Sc2ccncc2)c(Br)c1. The van der Waals surface area contributed by atoms with E-state index in [0.29, 0.717) is 0 Å². The minimum atomic E-state index is 0.912. The fourth-order valence-corrected chi connectivity index (χ4v) is 3.01. The summed E-state index contributed by atoms with van der Waals surface area (Å²) in [5.41, 5.74) is 1.29. The fraction of sp³-hybridized carbons (Fsp3) is 0.214. The quantitative estimate of drug-likeness (QED) is 0.896. The summed E-state index contributed by atoms with van der Waals surface area (Å²) in [5.74, 6) is 0. The maximum atomic E-state index is 4.02. The molecule has 0 unspecified atom stereocenters. The molecule has 1 heterocycles. The lowest BCUT2D eigenvalue weighted by atomic mass is 10.2. The predicted octanol–water partition coefficient (Wildman–Crippen LogP) is 4.10. The van der Waals surface area contributed by atoms with Crippen molar-refractivity contribution in [3.63, 3.8) is 0 Å². The second kappa shape index (κ2) is 6.92. The molecule has 1 aromatic heterocycles.